The topological polar surface area (TPSA) is 41.7 Å². The minimum absolute atomic E-state index is 0.273. The van der Waals surface area contributed by atoms with Crippen LogP contribution in [0.5, 0.6) is 0 Å². The average molecular weight is 729 g/mol. The van der Waals surface area contributed by atoms with Crippen LogP contribution in [0.1, 0.15) is 22.9 Å². The van der Waals surface area contributed by atoms with Crippen molar-refractivity contribution in [2.24, 2.45) is 9.98 Å². The van der Waals surface area contributed by atoms with Crippen molar-refractivity contribution >= 4 is 55.0 Å². The number of nitrogens with one attached hydrogen (secondary N) is 1. The Morgan fingerprint density at radius 1 is 0.404 bits per heavy atom. The molecular formula is C53H36N4. The molecule has 0 saturated carbocycles. The summed E-state index contributed by atoms with van der Waals surface area (Å²) in [5.41, 5.74) is 11.5. The molecule has 0 saturated heterocycles. The van der Waals surface area contributed by atoms with Crippen molar-refractivity contribution in [2.75, 3.05) is 0 Å². The van der Waals surface area contributed by atoms with Gasteiger partial charge < -0.3 is 9.88 Å². The van der Waals surface area contributed by atoms with Crippen LogP contribution < -0.4 is 5.32 Å². The molecule has 4 heteroatoms. The molecule has 0 fully saturated rings. The molecule has 4 nitrogen and oxygen atoms in total. The predicted molar refractivity (Wildman–Crippen MR) is 238 cm³/mol. The summed E-state index contributed by atoms with van der Waals surface area (Å²) in [5, 5.41) is 11.1. The second kappa shape index (κ2) is 13.6. The highest BCUT2D eigenvalue weighted by atomic mass is 15.2. The average Bonchev–Trinajstić information content (AvgIpc) is 3.64. The Hall–Kier alpha value is -7.56. The fourth-order valence-electron chi connectivity index (χ4n) is 8.52. The normalized spacial score (nSPS) is 14.1. The van der Waals surface area contributed by atoms with E-state index in [1.54, 1.807) is 0 Å². The van der Waals surface area contributed by atoms with Gasteiger partial charge in [0.05, 0.1) is 11.0 Å². The Morgan fingerprint density at radius 2 is 0.965 bits per heavy atom. The zero-order valence-electron chi connectivity index (χ0n) is 31.0. The van der Waals surface area contributed by atoms with E-state index in [0.29, 0.717) is 0 Å². The van der Waals surface area contributed by atoms with Crippen LogP contribution >= 0.6 is 0 Å². The van der Waals surface area contributed by atoms with E-state index in [1.165, 1.54) is 60.0 Å². The van der Waals surface area contributed by atoms with Crippen molar-refractivity contribution in [1.82, 2.24) is 9.88 Å². The van der Waals surface area contributed by atoms with E-state index < -0.39 is 0 Å². The smallest absolute Gasteiger partial charge is 0.159 e. The van der Waals surface area contributed by atoms with Gasteiger partial charge in [-0.15, -0.1) is 0 Å². The number of rotatable bonds is 6. The molecule has 1 N–H and O–H groups in total. The number of para-hydroxylation sites is 1. The van der Waals surface area contributed by atoms with Gasteiger partial charge in [-0.1, -0.05) is 188 Å². The number of nitrogens with zero attached hydrogens (tertiary/aromatic N) is 3. The number of hydrogen-bond donors (Lipinski definition) is 1. The lowest BCUT2D eigenvalue weighted by molar-refractivity contribution is 0.674. The van der Waals surface area contributed by atoms with E-state index in [9.17, 15) is 0 Å². The Labute approximate surface area is 330 Å². The van der Waals surface area contributed by atoms with Crippen molar-refractivity contribution in [3.63, 3.8) is 0 Å². The standard InChI is InChI=1S/C53H36N4/c1-3-14-38(15-4-1)51-54-52(39-16-5-2-6-17-39)56-53(55-51)40-25-23-36(24-26-40)42-33-34-43(46-20-10-9-19-45(42)46)37-27-30-41(31-28-37)57-49-22-12-11-21-47(49)48-32-29-35-13-7-8-18-44(35)50(48)57/h1-34,53H,(H,54,55,56). The van der Waals surface area contributed by atoms with Gasteiger partial charge >= 0.3 is 0 Å². The van der Waals surface area contributed by atoms with Crippen LogP contribution in [-0.2, 0) is 0 Å². The third-order valence-corrected chi connectivity index (χ3v) is 11.3. The highest BCUT2D eigenvalue weighted by Gasteiger charge is 2.21. The Bertz CT molecular complexity index is 3180. The van der Waals surface area contributed by atoms with Gasteiger partial charge in [0.15, 0.2) is 5.84 Å². The summed E-state index contributed by atoms with van der Waals surface area (Å²) in [6, 6.07) is 73.6. The number of hydrogen-bond acceptors (Lipinski definition) is 3. The summed E-state index contributed by atoms with van der Waals surface area (Å²) in [5.74, 6) is 1.54. The maximum absolute atomic E-state index is 5.08. The molecule has 11 rings (SSSR count). The highest BCUT2D eigenvalue weighted by molar-refractivity contribution is 6.18. The Balaban J connectivity index is 0.942. The second-order valence-corrected chi connectivity index (χ2v) is 14.6. The van der Waals surface area contributed by atoms with Crippen LogP contribution in [0.4, 0.5) is 0 Å². The molecule has 1 aliphatic heterocycles. The first-order valence-corrected chi connectivity index (χ1v) is 19.4. The van der Waals surface area contributed by atoms with Gasteiger partial charge in [0.25, 0.3) is 0 Å². The zero-order valence-corrected chi connectivity index (χ0v) is 31.0. The second-order valence-electron chi connectivity index (χ2n) is 14.6. The molecule has 0 aliphatic carbocycles. The molecule has 57 heavy (non-hydrogen) atoms. The number of benzene rings is 9. The largest absolute Gasteiger partial charge is 0.344 e. The fraction of sp³-hybridized carbons (Fsp3) is 0.0189. The fourth-order valence-corrected chi connectivity index (χ4v) is 8.52. The number of aliphatic imine (C=N–C) groups is 2. The van der Waals surface area contributed by atoms with Crippen LogP contribution in [-0.4, -0.2) is 16.2 Å². The van der Waals surface area contributed by atoms with Crippen molar-refractivity contribution in [2.45, 2.75) is 6.17 Å². The van der Waals surface area contributed by atoms with E-state index in [1.807, 2.05) is 36.4 Å². The van der Waals surface area contributed by atoms with Gasteiger partial charge in [-0.2, -0.15) is 0 Å². The Kier molecular flexibility index (Phi) is 7.85. The monoisotopic (exact) mass is 728 g/mol. The minimum atomic E-state index is -0.273. The predicted octanol–water partition coefficient (Wildman–Crippen LogP) is 12.9. The zero-order chi connectivity index (χ0) is 37.7. The van der Waals surface area contributed by atoms with E-state index in [2.05, 4.69) is 180 Å². The van der Waals surface area contributed by atoms with E-state index in [-0.39, 0.29) is 6.17 Å². The summed E-state index contributed by atoms with van der Waals surface area (Å²) >= 11 is 0. The molecule has 1 unspecified atom stereocenters. The third kappa shape index (κ3) is 5.70. The molecule has 0 radical (unpaired) electrons. The van der Waals surface area contributed by atoms with Gasteiger partial charge in [-0.05, 0) is 62.2 Å². The van der Waals surface area contributed by atoms with Crippen LogP contribution in [0.3, 0.4) is 0 Å². The summed E-state index contributed by atoms with van der Waals surface area (Å²) in [6.07, 6.45) is -0.273. The minimum Gasteiger partial charge on any atom is -0.344 e. The molecule has 0 spiro atoms. The molecule has 0 bridgehead atoms. The summed E-state index contributed by atoms with van der Waals surface area (Å²) in [4.78, 5) is 10.0. The van der Waals surface area contributed by atoms with E-state index >= 15 is 0 Å². The molecule has 268 valence electrons. The molecule has 0 amide bonds. The summed E-state index contributed by atoms with van der Waals surface area (Å²) in [6.45, 7) is 0. The first kappa shape index (κ1) is 32.8. The van der Waals surface area contributed by atoms with Gasteiger partial charge in [0.2, 0.25) is 0 Å². The van der Waals surface area contributed by atoms with Gasteiger partial charge in [-0.25, -0.2) is 9.98 Å². The summed E-state index contributed by atoms with van der Waals surface area (Å²) in [7, 11) is 0. The SMILES string of the molecule is c1ccc(C2=NC(c3ccc(-c4ccc(-c5ccc(-n6c7ccccc7c7ccc8ccccc8c76)cc5)c5ccccc45)cc3)NC(c3ccccc3)=N2)cc1. The van der Waals surface area contributed by atoms with Gasteiger partial charge in [-0.3, -0.25) is 0 Å². The third-order valence-electron chi connectivity index (χ3n) is 11.3. The number of amidine groups is 2. The maximum Gasteiger partial charge on any atom is 0.159 e. The van der Waals surface area contributed by atoms with Gasteiger partial charge in [0, 0.05) is 33.0 Å². The first-order valence-electron chi connectivity index (χ1n) is 19.4. The molecule has 1 aromatic heterocycles. The Morgan fingerprint density at radius 3 is 1.65 bits per heavy atom. The molecule has 1 atom stereocenters. The molecule has 9 aromatic carbocycles. The molecule has 2 heterocycles. The quantitative estimate of drug-likeness (QED) is 0.182. The lowest BCUT2D eigenvalue weighted by Crippen LogP contribution is -2.33. The van der Waals surface area contributed by atoms with Crippen molar-refractivity contribution in [1.29, 1.82) is 0 Å². The van der Waals surface area contributed by atoms with Crippen LogP contribution in [0.2, 0.25) is 0 Å². The van der Waals surface area contributed by atoms with E-state index in [4.69, 9.17) is 9.98 Å². The maximum atomic E-state index is 5.08. The lowest BCUT2D eigenvalue weighted by atomic mass is 9.91. The van der Waals surface area contributed by atoms with Gasteiger partial charge in [0.1, 0.15) is 12.0 Å². The van der Waals surface area contributed by atoms with Crippen molar-refractivity contribution < 1.29 is 0 Å². The first-order chi connectivity index (χ1) is 28.3. The molecule has 1 aliphatic rings. The van der Waals surface area contributed by atoms with Crippen LogP contribution in [0.25, 0.3) is 71.3 Å². The van der Waals surface area contributed by atoms with Crippen molar-refractivity contribution in [3.05, 3.63) is 223 Å². The lowest BCUT2D eigenvalue weighted by Gasteiger charge is -2.24. The molecular weight excluding hydrogens is 693 g/mol. The van der Waals surface area contributed by atoms with Crippen LogP contribution in [0.15, 0.2) is 216 Å². The van der Waals surface area contributed by atoms with Crippen LogP contribution in [0, 0.1) is 0 Å². The number of fused-ring (bicyclic) bond motifs is 6. The number of aromatic nitrogens is 1. The summed E-state index contributed by atoms with van der Waals surface area (Å²) < 4.78 is 2.42. The van der Waals surface area contributed by atoms with Crippen molar-refractivity contribution in [3.8, 4) is 27.9 Å². The van der Waals surface area contributed by atoms with E-state index in [0.717, 1.165) is 39.6 Å². The molecule has 10 aromatic rings. The highest BCUT2D eigenvalue weighted by Crippen LogP contribution is 2.39.